The van der Waals surface area contributed by atoms with Crippen LogP contribution in [0.3, 0.4) is 0 Å². The molecule has 0 radical (unpaired) electrons. The number of benzene rings is 1. The predicted molar refractivity (Wildman–Crippen MR) is 50.7 cm³/mol. The molecule has 0 heterocycles. The summed E-state index contributed by atoms with van der Waals surface area (Å²) < 4.78 is 0. The zero-order chi connectivity index (χ0) is 10.1. The number of carboxylic acids is 1. The van der Waals surface area contributed by atoms with Crippen molar-refractivity contribution in [1.29, 1.82) is 0 Å². The summed E-state index contributed by atoms with van der Waals surface area (Å²) in [6.45, 7) is 0. The summed E-state index contributed by atoms with van der Waals surface area (Å²) in [6, 6.07) is 5.02. The number of ketones is 1. The third-order valence-corrected chi connectivity index (χ3v) is 2.51. The van der Waals surface area contributed by atoms with Crippen molar-refractivity contribution in [2.45, 2.75) is 19.3 Å². The second-order valence-corrected chi connectivity index (χ2v) is 3.42. The normalized spacial score (nSPS) is 15.0. The van der Waals surface area contributed by atoms with Crippen LogP contribution in [0.4, 0.5) is 0 Å². The number of carboxylic acid groups (broad SMARTS) is 1. The summed E-state index contributed by atoms with van der Waals surface area (Å²) in [7, 11) is 0. The van der Waals surface area contributed by atoms with Crippen LogP contribution in [0.25, 0.3) is 0 Å². The van der Waals surface area contributed by atoms with Gasteiger partial charge in [0.2, 0.25) is 0 Å². The van der Waals surface area contributed by atoms with Crippen molar-refractivity contribution in [3.63, 3.8) is 0 Å². The Balaban J connectivity index is 2.63. The van der Waals surface area contributed by atoms with E-state index in [9.17, 15) is 9.59 Å². The van der Waals surface area contributed by atoms with E-state index in [2.05, 4.69) is 0 Å². The van der Waals surface area contributed by atoms with E-state index in [1.54, 1.807) is 6.07 Å². The molecule has 72 valence electrons. The summed E-state index contributed by atoms with van der Waals surface area (Å²) in [4.78, 5) is 22.4. The Kier molecular flexibility index (Phi) is 2.08. The molecule has 1 aromatic carbocycles. The standard InChI is InChI=1S/C11H10O3/c12-9-6-2-4-7-3-1-5-8(10(7)9)11(13)14/h1,3,5H,2,4,6H2,(H,13,14). The van der Waals surface area contributed by atoms with Crippen LogP contribution >= 0.6 is 0 Å². The maximum Gasteiger partial charge on any atom is 0.336 e. The van der Waals surface area contributed by atoms with Crippen molar-refractivity contribution in [2.75, 3.05) is 0 Å². The second-order valence-electron chi connectivity index (χ2n) is 3.42. The Morgan fingerprint density at radius 3 is 2.79 bits per heavy atom. The lowest BCUT2D eigenvalue weighted by Crippen LogP contribution is -2.16. The Morgan fingerprint density at radius 1 is 1.29 bits per heavy atom. The van der Waals surface area contributed by atoms with E-state index in [0.29, 0.717) is 12.0 Å². The molecular formula is C11H10O3. The molecule has 1 aromatic rings. The molecule has 1 aliphatic carbocycles. The molecule has 0 saturated carbocycles. The van der Waals surface area contributed by atoms with E-state index in [0.717, 1.165) is 18.4 Å². The highest BCUT2D eigenvalue weighted by Crippen LogP contribution is 2.24. The highest BCUT2D eigenvalue weighted by Gasteiger charge is 2.22. The first-order chi connectivity index (χ1) is 6.70. The number of fused-ring (bicyclic) bond motifs is 1. The van der Waals surface area contributed by atoms with E-state index >= 15 is 0 Å². The maximum absolute atomic E-state index is 11.5. The van der Waals surface area contributed by atoms with E-state index in [1.165, 1.54) is 6.07 Å². The maximum atomic E-state index is 11.5. The SMILES string of the molecule is O=C(O)c1cccc2c1C(=O)CCC2. The van der Waals surface area contributed by atoms with Crippen LogP contribution in [0, 0.1) is 0 Å². The molecule has 0 bridgehead atoms. The fraction of sp³-hybridized carbons (Fsp3) is 0.273. The molecule has 2 rings (SSSR count). The highest BCUT2D eigenvalue weighted by atomic mass is 16.4. The first-order valence-corrected chi connectivity index (χ1v) is 4.58. The lowest BCUT2D eigenvalue weighted by Gasteiger charge is -2.15. The Labute approximate surface area is 81.4 Å². The van der Waals surface area contributed by atoms with Crippen molar-refractivity contribution in [2.24, 2.45) is 0 Å². The third kappa shape index (κ3) is 1.31. The van der Waals surface area contributed by atoms with Gasteiger partial charge in [0.15, 0.2) is 5.78 Å². The quantitative estimate of drug-likeness (QED) is 0.735. The van der Waals surface area contributed by atoms with Crippen LogP contribution in [-0.2, 0) is 6.42 Å². The molecule has 0 saturated heterocycles. The monoisotopic (exact) mass is 190 g/mol. The first kappa shape index (κ1) is 8.94. The molecule has 1 aliphatic rings. The topological polar surface area (TPSA) is 54.4 Å². The van der Waals surface area contributed by atoms with Crippen molar-refractivity contribution in [3.05, 3.63) is 34.9 Å². The van der Waals surface area contributed by atoms with Gasteiger partial charge in [0.25, 0.3) is 0 Å². The van der Waals surface area contributed by atoms with Gasteiger partial charge in [-0.15, -0.1) is 0 Å². The minimum absolute atomic E-state index is 0.0377. The molecule has 3 nitrogen and oxygen atoms in total. The molecule has 0 atom stereocenters. The summed E-state index contributed by atoms with van der Waals surface area (Å²) in [5, 5.41) is 8.91. The zero-order valence-electron chi connectivity index (χ0n) is 7.62. The lowest BCUT2D eigenvalue weighted by molar-refractivity contribution is 0.0691. The third-order valence-electron chi connectivity index (χ3n) is 2.51. The summed E-state index contributed by atoms with van der Waals surface area (Å²) in [5.41, 5.74) is 1.44. The van der Waals surface area contributed by atoms with Crippen LogP contribution in [0.2, 0.25) is 0 Å². The fourth-order valence-corrected chi connectivity index (χ4v) is 1.88. The van der Waals surface area contributed by atoms with E-state index in [1.807, 2.05) is 6.07 Å². The molecule has 1 N–H and O–H groups in total. The fourth-order valence-electron chi connectivity index (χ4n) is 1.88. The van der Waals surface area contributed by atoms with E-state index in [-0.39, 0.29) is 11.3 Å². The molecule has 0 unspecified atom stereocenters. The van der Waals surface area contributed by atoms with Crippen LogP contribution < -0.4 is 0 Å². The lowest BCUT2D eigenvalue weighted by atomic mass is 9.87. The number of carbonyl (C=O) groups excluding carboxylic acids is 1. The number of carbonyl (C=O) groups is 2. The Morgan fingerprint density at radius 2 is 2.07 bits per heavy atom. The molecule has 0 aliphatic heterocycles. The summed E-state index contributed by atoms with van der Waals surface area (Å²) in [5.74, 6) is -1.05. The summed E-state index contributed by atoms with van der Waals surface area (Å²) >= 11 is 0. The Hall–Kier alpha value is -1.64. The molecule has 0 fully saturated rings. The zero-order valence-corrected chi connectivity index (χ0v) is 7.62. The van der Waals surface area contributed by atoms with Gasteiger partial charge in [0.05, 0.1) is 5.56 Å². The molecule has 14 heavy (non-hydrogen) atoms. The number of aryl methyl sites for hydroxylation is 1. The predicted octanol–water partition coefficient (Wildman–Crippen LogP) is 1.90. The molecular weight excluding hydrogens is 180 g/mol. The molecule has 0 amide bonds. The van der Waals surface area contributed by atoms with Gasteiger partial charge < -0.3 is 5.11 Å². The van der Waals surface area contributed by atoms with Gasteiger partial charge in [-0.25, -0.2) is 4.79 Å². The number of aromatic carboxylic acids is 1. The van der Waals surface area contributed by atoms with Gasteiger partial charge in [-0.3, -0.25) is 4.79 Å². The molecule has 3 heteroatoms. The Bertz CT molecular complexity index is 407. The van der Waals surface area contributed by atoms with Crippen molar-refractivity contribution >= 4 is 11.8 Å². The second kappa shape index (κ2) is 3.25. The average Bonchev–Trinajstić information content (AvgIpc) is 2.17. The van der Waals surface area contributed by atoms with Crippen LogP contribution in [-0.4, -0.2) is 16.9 Å². The minimum Gasteiger partial charge on any atom is -0.478 e. The van der Waals surface area contributed by atoms with Gasteiger partial charge >= 0.3 is 5.97 Å². The highest BCUT2D eigenvalue weighted by molar-refractivity contribution is 6.07. The number of Topliss-reactive ketones (excluding diaryl/α,β-unsaturated/α-hetero) is 1. The molecule has 0 spiro atoms. The van der Waals surface area contributed by atoms with Gasteiger partial charge in [0.1, 0.15) is 0 Å². The van der Waals surface area contributed by atoms with Gasteiger partial charge in [-0.05, 0) is 24.5 Å². The number of hydrogen-bond donors (Lipinski definition) is 1. The van der Waals surface area contributed by atoms with Crippen molar-refractivity contribution in [1.82, 2.24) is 0 Å². The number of rotatable bonds is 1. The van der Waals surface area contributed by atoms with Crippen molar-refractivity contribution in [3.8, 4) is 0 Å². The van der Waals surface area contributed by atoms with E-state index in [4.69, 9.17) is 5.11 Å². The van der Waals surface area contributed by atoms with Gasteiger partial charge in [-0.1, -0.05) is 12.1 Å². The van der Waals surface area contributed by atoms with Crippen molar-refractivity contribution < 1.29 is 14.7 Å². The smallest absolute Gasteiger partial charge is 0.336 e. The molecule has 0 aromatic heterocycles. The van der Waals surface area contributed by atoms with Gasteiger partial charge in [-0.2, -0.15) is 0 Å². The van der Waals surface area contributed by atoms with Crippen LogP contribution in [0.1, 0.15) is 39.1 Å². The summed E-state index contributed by atoms with van der Waals surface area (Å²) in [6.07, 6.45) is 2.11. The average molecular weight is 190 g/mol. The first-order valence-electron chi connectivity index (χ1n) is 4.58. The van der Waals surface area contributed by atoms with Crippen LogP contribution in [0.15, 0.2) is 18.2 Å². The minimum atomic E-state index is -1.02. The van der Waals surface area contributed by atoms with E-state index < -0.39 is 5.97 Å². The number of hydrogen-bond acceptors (Lipinski definition) is 2. The van der Waals surface area contributed by atoms with Crippen LogP contribution in [0.5, 0.6) is 0 Å². The largest absolute Gasteiger partial charge is 0.478 e. The van der Waals surface area contributed by atoms with Gasteiger partial charge in [0, 0.05) is 12.0 Å².